The number of ether oxygens (including phenoxy) is 1. The first-order valence-corrected chi connectivity index (χ1v) is 3.75. The molecule has 0 amide bonds. The first-order chi connectivity index (χ1) is 5.70. The van der Waals surface area contributed by atoms with Gasteiger partial charge in [0.2, 0.25) is 0 Å². The summed E-state index contributed by atoms with van der Waals surface area (Å²) in [4.78, 5) is 23.0. The molecule has 4 nitrogen and oxygen atoms in total. The largest absolute Gasteiger partial charge is 0.467 e. The number of likely N-dealkylation sites (tertiary alicyclic amines) is 1. The van der Waals surface area contributed by atoms with Gasteiger partial charge in [-0.3, -0.25) is 0 Å². The summed E-state index contributed by atoms with van der Waals surface area (Å²) in [7, 11) is 3.05. The zero-order valence-electron chi connectivity index (χ0n) is 7.16. The topological polar surface area (TPSA) is 46.6 Å². The minimum atomic E-state index is -0.300. The molecule has 0 saturated carbocycles. The lowest BCUT2D eigenvalue weighted by Crippen LogP contribution is -2.33. The van der Waals surface area contributed by atoms with Gasteiger partial charge in [-0.2, -0.15) is 0 Å². The van der Waals surface area contributed by atoms with E-state index < -0.39 is 0 Å². The molecular formula is C8H11NO3. The van der Waals surface area contributed by atoms with E-state index in [-0.39, 0.29) is 12.0 Å². The van der Waals surface area contributed by atoms with E-state index in [9.17, 15) is 9.59 Å². The predicted octanol–water partition coefficient (Wildman–Crippen LogP) is -0.0309. The van der Waals surface area contributed by atoms with Gasteiger partial charge < -0.3 is 9.64 Å². The Morgan fingerprint density at radius 2 is 2.42 bits per heavy atom. The van der Waals surface area contributed by atoms with Gasteiger partial charge in [-0.15, -0.1) is 0 Å². The molecule has 1 saturated heterocycles. The fourth-order valence-electron chi connectivity index (χ4n) is 1.37. The van der Waals surface area contributed by atoms with Gasteiger partial charge in [0.05, 0.1) is 12.8 Å². The molecule has 0 aromatic carbocycles. The van der Waals surface area contributed by atoms with E-state index in [4.69, 9.17) is 0 Å². The van der Waals surface area contributed by atoms with Crippen LogP contribution in [0.5, 0.6) is 0 Å². The maximum Gasteiger partial charge on any atom is 0.328 e. The van der Waals surface area contributed by atoms with Crippen LogP contribution in [0.2, 0.25) is 0 Å². The van der Waals surface area contributed by atoms with Crippen molar-refractivity contribution >= 4 is 11.9 Å². The van der Waals surface area contributed by atoms with Gasteiger partial charge in [-0.05, 0) is 6.42 Å². The Bertz CT molecular complexity index is 243. The molecule has 0 aromatic rings. The van der Waals surface area contributed by atoms with Gasteiger partial charge in [0.1, 0.15) is 12.0 Å². The predicted molar refractivity (Wildman–Crippen MR) is 42.0 cm³/mol. The second-order valence-corrected chi connectivity index (χ2v) is 2.74. The van der Waals surface area contributed by atoms with Crippen molar-refractivity contribution in [1.29, 1.82) is 0 Å². The molecular weight excluding hydrogens is 158 g/mol. The van der Waals surface area contributed by atoms with Crippen molar-refractivity contribution in [2.24, 2.45) is 0 Å². The molecule has 12 heavy (non-hydrogen) atoms. The fourth-order valence-corrected chi connectivity index (χ4v) is 1.37. The maximum absolute atomic E-state index is 11.1. The van der Waals surface area contributed by atoms with Crippen molar-refractivity contribution in [2.75, 3.05) is 14.2 Å². The molecule has 0 radical (unpaired) electrons. The third kappa shape index (κ3) is 1.34. The molecule has 0 bridgehead atoms. The van der Waals surface area contributed by atoms with E-state index in [0.29, 0.717) is 18.5 Å². The minimum absolute atomic E-state index is 0.289. The lowest BCUT2D eigenvalue weighted by Gasteiger charge is -2.18. The molecule has 1 atom stereocenters. The Labute approximate surface area is 70.8 Å². The molecule has 1 fully saturated rings. The quantitative estimate of drug-likeness (QED) is 0.408. The monoisotopic (exact) mass is 169 g/mol. The summed E-state index contributed by atoms with van der Waals surface area (Å²) in [5.74, 6) is 1.52. The smallest absolute Gasteiger partial charge is 0.328 e. The number of likely N-dealkylation sites (N-methyl/N-ethyl adjacent to an activating group) is 1. The van der Waals surface area contributed by atoms with Crippen LogP contribution in [-0.2, 0) is 14.3 Å². The third-order valence-electron chi connectivity index (χ3n) is 2.14. The summed E-state index contributed by atoms with van der Waals surface area (Å²) < 4.78 is 4.57. The van der Waals surface area contributed by atoms with Crippen molar-refractivity contribution in [3.8, 4) is 0 Å². The number of methoxy groups -OCH3 is 1. The standard InChI is InChI=1S/C8H11NO3/c1-9-6(5-10)3-4-7(9)8(11)12-2/h7H,3-4H2,1-2H3/t7-/m0/s1. The van der Waals surface area contributed by atoms with Crippen molar-refractivity contribution in [1.82, 2.24) is 4.90 Å². The van der Waals surface area contributed by atoms with Gasteiger partial charge in [-0.1, -0.05) is 0 Å². The number of nitrogens with zero attached hydrogens (tertiary/aromatic N) is 1. The molecule has 0 aliphatic carbocycles. The highest BCUT2D eigenvalue weighted by atomic mass is 16.5. The average Bonchev–Trinajstić information content (AvgIpc) is 2.45. The summed E-state index contributed by atoms with van der Waals surface area (Å²) in [6, 6.07) is -0.300. The third-order valence-corrected chi connectivity index (χ3v) is 2.14. The summed E-state index contributed by atoms with van der Waals surface area (Å²) in [5, 5.41) is 0. The molecule has 4 heteroatoms. The number of rotatable bonds is 1. The summed E-state index contributed by atoms with van der Waals surface area (Å²) in [6.45, 7) is 0. The van der Waals surface area contributed by atoms with Gasteiger partial charge in [0, 0.05) is 13.5 Å². The van der Waals surface area contributed by atoms with Gasteiger partial charge >= 0.3 is 5.97 Å². The normalized spacial score (nSPS) is 22.3. The minimum Gasteiger partial charge on any atom is -0.467 e. The van der Waals surface area contributed by atoms with E-state index in [1.165, 1.54) is 7.11 Å². The van der Waals surface area contributed by atoms with Crippen molar-refractivity contribution in [3.63, 3.8) is 0 Å². The highest BCUT2D eigenvalue weighted by molar-refractivity contribution is 5.77. The second-order valence-electron chi connectivity index (χ2n) is 2.74. The molecule has 1 heterocycles. The maximum atomic E-state index is 11.1. The number of hydrogen-bond donors (Lipinski definition) is 0. The van der Waals surface area contributed by atoms with Crippen LogP contribution in [0.3, 0.4) is 0 Å². The van der Waals surface area contributed by atoms with Crippen molar-refractivity contribution in [3.05, 3.63) is 5.70 Å². The average molecular weight is 169 g/mol. The number of esters is 1. The van der Waals surface area contributed by atoms with Crippen LogP contribution in [0.1, 0.15) is 12.8 Å². The molecule has 0 spiro atoms. The van der Waals surface area contributed by atoms with E-state index >= 15 is 0 Å². The lowest BCUT2D eigenvalue weighted by atomic mass is 10.2. The first-order valence-electron chi connectivity index (χ1n) is 3.75. The SMILES string of the molecule is COC(=O)[C@@H]1CCC(=C=O)N1C. The van der Waals surface area contributed by atoms with Crippen LogP contribution < -0.4 is 0 Å². The highest BCUT2D eigenvalue weighted by Gasteiger charge is 2.32. The van der Waals surface area contributed by atoms with Gasteiger partial charge in [0.15, 0.2) is 0 Å². The zero-order chi connectivity index (χ0) is 9.14. The van der Waals surface area contributed by atoms with E-state index in [2.05, 4.69) is 4.74 Å². The highest BCUT2D eigenvalue weighted by Crippen LogP contribution is 2.23. The summed E-state index contributed by atoms with van der Waals surface area (Å²) in [6.07, 6.45) is 1.26. The Morgan fingerprint density at radius 3 is 2.83 bits per heavy atom. The number of hydrogen-bond acceptors (Lipinski definition) is 4. The number of carbonyl (C=O) groups excluding carboxylic acids is 2. The number of allylic oxidation sites excluding steroid dienone is 1. The van der Waals surface area contributed by atoms with Crippen LogP contribution in [0.15, 0.2) is 5.70 Å². The first kappa shape index (κ1) is 8.81. The summed E-state index contributed by atoms with van der Waals surface area (Å²) in [5.41, 5.74) is 0.547. The van der Waals surface area contributed by atoms with Crippen LogP contribution in [0, 0.1) is 0 Å². The molecule has 1 aliphatic rings. The Morgan fingerprint density at radius 1 is 1.75 bits per heavy atom. The van der Waals surface area contributed by atoms with Crippen molar-refractivity contribution in [2.45, 2.75) is 18.9 Å². The Kier molecular flexibility index (Phi) is 2.51. The van der Waals surface area contributed by atoms with Crippen molar-refractivity contribution < 1.29 is 14.3 Å². The van der Waals surface area contributed by atoms with E-state index in [0.717, 1.165) is 0 Å². The summed E-state index contributed by atoms with van der Waals surface area (Å²) >= 11 is 0. The molecule has 66 valence electrons. The van der Waals surface area contributed by atoms with Crippen LogP contribution >= 0.6 is 0 Å². The molecule has 1 rings (SSSR count). The Hall–Kier alpha value is -1.28. The molecule has 1 aliphatic heterocycles. The molecule has 0 aromatic heterocycles. The number of carbonyl (C=O) groups is 1. The van der Waals surface area contributed by atoms with Crippen LogP contribution in [0.4, 0.5) is 0 Å². The Balaban J connectivity index is 2.73. The fraction of sp³-hybridized carbons (Fsp3) is 0.625. The lowest BCUT2D eigenvalue weighted by molar-refractivity contribution is -0.145. The second kappa shape index (κ2) is 3.41. The van der Waals surface area contributed by atoms with Crippen LogP contribution in [-0.4, -0.2) is 37.0 Å². The molecule has 0 unspecified atom stereocenters. The molecule has 0 N–H and O–H groups in total. The van der Waals surface area contributed by atoms with E-state index in [1.807, 2.05) is 5.94 Å². The van der Waals surface area contributed by atoms with Gasteiger partial charge in [0.25, 0.3) is 0 Å². The van der Waals surface area contributed by atoms with E-state index in [1.54, 1.807) is 11.9 Å². The van der Waals surface area contributed by atoms with Gasteiger partial charge in [-0.25, -0.2) is 9.59 Å². The van der Waals surface area contributed by atoms with Crippen LogP contribution in [0.25, 0.3) is 0 Å². The zero-order valence-corrected chi connectivity index (χ0v) is 7.16.